The quantitative estimate of drug-likeness (QED) is 0.0514. The number of benzene rings is 13. The Bertz CT molecular complexity index is 7480. The first-order chi connectivity index (χ1) is 66.9. The van der Waals surface area contributed by atoms with Gasteiger partial charge in [-0.25, -0.2) is 0 Å². The van der Waals surface area contributed by atoms with Crippen LogP contribution in [0.2, 0.25) is 0 Å². The van der Waals surface area contributed by atoms with Crippen LogP contribution in [0.4, 0.5) is 17.6 Å². The number of carbonyl (C=O) groups is 2. The molecule has 6 heterocycles. The van der Waals surface area contributed by atoms with E-state index in [4.69, 9.17) is 14.8 Å². The Kier molecular flexibility index (Phi) is 48.2. The van der Waals surface area contributed by atoms with Gasteiger partial charge in [0.1, 0.15) is 5.76 Å². The molecule has 0 atom stereocenters. The topological polar surface area (TPSA) is 170 Å². The Morgan fingerprint density at radius 1 is 0.363 bits per heavy atom. The molecule has 19 rings (SSSR count). The molecule has 6 aromatic heterocycles. The van der Waals surface area contributed by atoms with Crippen LogP contribution < -0.4 is 9.47 Å². The standard InChI is InChI=1S/C22H16N.C19H18N.C17H12F2NO.C17H14NO.2C16H11FN.C11H20O2.C6H10O2.6Ir/c1-16-15-20-9-5-6-10-21(20)23-22(16)19-13-11-18(12-14-19)17-7-3-2-4-8-17;1-19(2,3)16-10-8-15(9-11-16)18-17-7-5-4-6-14(17)12-13-20-18;1-11-10-13(6-7-15(11)21-17(18)19)16-14-5-3-2-4-12(14)8-9-20-16;1-12-3-4-13-9-10-18-17(16(13)11-12)14-5-7-15(19-2)8-6-14;2*1-11-10-13(6-7-15(11)17)16-14-5-3-2-4-12(14)8-9-18-16;1-10(2,3)8(12)7-9(13)11(4,5)6;1-4(5(2)7)6(3)8;;;;;;/h2-13,15H,1H3;4-8,10-13H,1-3H3;2-5,7-10,17H,1H3;3-5,7-11H,1-2H3;2*2-5,7-10H,1H3;7,12H,1-6H3;7H,1-3H3;;;;;;/q6*-1;;;;;;;;. The molecule has 146 heavy (non-hydrogen) atoms. The summed E-state index contributed by atoms with van der Waals surface area (Å²) in [5.74, 6) is 0.599. The maximum absolute atomic E-state index is 13.3. The molecule has 762 valence electrons. The number of hydrogen-bond acceptors (Lipinski definition) is 12. The number of ether oxygens (including phenoxy) is 2. The van der Waals surface area contributed by atoms with Gasteiger partial charge in [-0.05, 0) is 170 Å². The van der Waals surface area contributed by atoms with Crippen molar-refractivity contribution >= 4 is 76.3 Å². The number of methoxy groups -OCH3 is 1. The summed E-state index contributed by atoms with van der Waals surface area (Å²) in [6.45, 7) is 28.9. The molecular weight excluding hydrogens is 2900 g/mol. The molecule has 12 nitrogen and oxygen atoms in total. The summed E-state index contributed by atoms with van der Waals surface area (Å²) in [7, 11) is 1.66. The Balaban J connectivity index is 0.000000256. The molecule has 0 aliphatic rings. The van der Waals surface area contributed by atoms with E-state index in [-0.39, 0.29) is 172 Å². The Hall–Kier alpha value is -12.0. The molecule has 6 radical (unpaired) electrons. The predicted molar refractivity (Wildman–Crippen MR) is 563 cm³/mol. The molecule has 19 aromatic rings. The van der Waals surface area contributed by atoms with E-state index in [1.165, 1.54) is 87.5 Å². The fraction of sp³-hybridized carbons (Fsp3) is 0.177. The fourth-order valence-electron chi connectivity index (χ4n) is 14.6. The van der Waals surface area contributed by atoms with Crippen molar-refractivity contribution in [2.75, 3.05) is 7.11 Å². The molecule has 2 N–H and O–H groups in total. The van der Waals surface area contributed by atoms with Crippen LogP contribution in [-0.4, -0.2) is 65.4 Å². The summed E-state index contributed by atoms with van der Waals surface area (Å²) in [6, 6.07) is 116. The number of nitrogens with zero attached hydrogens (tertiary/aromatic N) is 6. The number of aliphatic hydroxyl groups is 2. The van der Waals surface area contributed by atoms with E-state index in [2.05, 4.69) is 216 Å². The first-order valence-electron chi connectivity index (χ1n) is 45.8. The molecule has 0 bridgehead atoms. The largest absolute Gasteiger partial charge is 0.540 e. The Morgan fingerprint density at radius 3 is 1.12 bits per heavy atom. The van der Waals surface area contributed by atoms with E-state index >= 15 is 0 Å². The fourth-order valence-corrected chi connectivity index (χ4v) is 14.6. The van der Waals surface area contributed by atoms with Crippen molar-refractivity contribution in [1.82, 2.24) is 29.9 Å². The summed E-state index contributed by atoms with van der Waals surface area (Å²) >= 11 is 0. The average molecular weight is 3010 g/mol. The number of fused-ring (bicyclic) bond motifs is 6. The molecule has 0 spiro atoms. The molecule has 0 unspecified atom stereocenters. The van der Waals surface area contributed by atoms with Gasteiger partial charge in [-0.1, -0.05) is 292 Å². The van der Waals surface area contributed by atoms with Gasteiger partial charge in [0.05, 0.1) is 18.4 Å². The monoisotopic (exact) mass is 3010 g/mol. The third-order valence-corrected chi connectivity index (χ3v) is 23.0. The number of allylic oxidation sites excluding steroid dienone is 4. The number of Topliss-reactive ketones (excluding diaryl/α,β-unsaturated/α-hetero) is 1. The van der Waals surface area contributed by atoms with Gasteiger partial charge in [0.25, 0.3) is 0 Å². The van der Waals surface area contributed by atoms with Crippen LogP contribution in [0.1, 0.15) is 116 Å². The number of alkyl halides is 2. The first kappa shape index (κ1) is 123. The molecule has 22 heteroatoms. The van der Waals surface area contributed by atoms with E-state index in [1.54, 1.807) is 71.6 Å². The molecule has 0 aliphatic heterocycles. The first-order valence-corrected chi connectivity index (χ1v) is 45.8. The number of aliphatic hydroxyl groups excluding tert-OH is 2. The second-order valence-electron chi connectivity index (χ2n) is 36.7. The smallest absolute Gasteiger partial charge is 0.379 e. The molecule has 0 amide bonds. The van der Waals surface area contributed by atoms with Crippen LogP contribution in [0.25, 0.3) is 143 Å². The molecular formula is C124H112F4Ir6N6O6-6. The number of hydrogen-bond donors (Lipinski definition) is 2. The maximum atomic E-state index is 13.3. The van der Waals surface area contributed by atoms with Crippen LogP contribution in [0, 0.1) is 93.5 Å². The van der Waals surface area contributed by atoms with E-state index in [1.807, 2.05) is 200 Å². The minimum Gasteiger partial charge on any atom is -0.540 e. The van der Waals surface area contributed by atoms with Crippen LogP contribution >= 0.6 is 0 Å². The van der Waals surface area contributed by atoms with Gasteiger partial charge >= 0.3 is 6.61 Å². The van der Waals surface area contributed by atoms with Gasteiger partial charge in [0.15, 0.2) is 11.6 Å². The van der Waals surface area contributed by atoms with E-state index in [0.29, 0.717) is 22.3 Å². The van der Waals surface area contributed by atoms with Crippen LogP contribution in [-0.2, 0) is 136 Å². The van der Waals surface area contributed by atoms with Crippen molar-refractivity contribution in [2.45, 2.75) is 130 Å². The molecule has 0 saturated heterocycles. The Labute approximate surface area is 935 Å². The summed E-state index contributed by atoms with van der Waals surface area (Å²) in [5.41, 5.74) is 19.7. The second kappa shape index (κ2) is 57.3. The van der Waals surface area contributed by atoms with Crippen molar-refractivity contribution < 1.29 is 167 Å². The van der Waals surface area contributed by atoms with Gasteiger partial charge < -0.3 is 44.6 Å². The van der Waals surface area contributed by atoms with Crippen molar-refractivity contribution in [2.24, 2.45) is 10.8 Å². The zero-order chi connectivity index (χ0) is 101. The van der Waals surface area contributed by atoms with Crippen molar-refractivity contribution in [1.29, 1.82) is 0 Å². The molecule has 0 fully saturated rings. The average Bonchev–Trinajstić information content (AvgIpc) is 0.750. The SMILES string of the molecule is CC(=O)C(C)=C(C)O.CC(C)(C)C(=O)C=C(O)C(C)(C)C.CC(C)(C)c1c[c-]c(-c2nccc3ccccc23)cc1.COc1c[c-]c(-c2nccc3ccc(C)cc23)cc1.Cc1cc(-c2nccc3ccccc23)[c-]cc1F.Cc1cc(-c2nccc3ccccc23)[c-]cc1F.Cc1cc(-c2nccc3ccccc23)[c-]cc1OC(F)F.Cc1cc2ccccc2nc1-c1[c-]cc(-c2ccccc2)cc1.[Ir].[Ir].[Ir].[Ir].[Ir].[Ir]. The summed E-state index contributed by atoms with van der Waals surface area (Å²) in [4.78, 5) is 48.9. The van der Waals surface area contributed by atoms with Gasteiger partial charge in [0, 0.05) is 197 Å². The number of rotatable bonds is 12. The maximum Gasteiger partial charge on any atom is 0.379 e. The summed E-state index contributed by atoms with van der Waals surface area (Å²) in [6.07, 6.45) is 10.3. The van der Waals surface area contributed by atoms with Gasteiger partial charge in [-0.3, -0.25) is 23.4 Å². The minimum absolute atomic E-state index is 0. The zero-order valence-corrected chi connectivity index (χ0v) is 98.4. The van der Waals surface area contributed by atoms with Crippen molar-refractivity contribution in [3.8, 4) is 90.2 Å². The number of ketones is 2. The van der Waals surface area contributed by atoms with Crippen molar-refractivity contribution in [3.05, 3.63) is 433 Å². The van der Waals surface area contributed by atoms with E-state index < -0.39 is 12.0 Å². The zero-order valence-electron chi connectivity index (χ0n) is 84.1. The third kappa shape index (κ3) is 33.7. The van der Waals surface area contributed by atoms with Crippen LogP contribution in [0.5, 0.6) is 11.5 Å². The normalized spacial score (nSPS) is 10.9. The third-order valence-electron chi connectivity index (χ3n) is 23.0. The van der Waals surface area contributed by atoms with Crippen LogP contribution in [0.3, 0.4) is 0 Å². The van der Waals surface area contributed by atoms with Gasteiger partial charge in [-0.15, -0.1) is 166 Å². The number of pyridine rings is 6. The summed E-state index contributed by atoms with van der Waals surface area (Å²) < 4.78 is 60.7. The number of carbonyl (C=O) groups excluding carboxylic acids is 2. The van der Waals surface area contributed by atoms with Gasteiger partial charge in [0.2, 0.25) is 0 Å². The number of aromatic nitrogens is 6. The summed E-state index contributed by atoms with van der Waals surface area (Å²) in [5, 5.41) is 30.6. The number of para-hydroxylation sites is 1. The molecule has 0 saturated carbocycles. The molecule has 0 aliphatic carbocycles. The predicted octanol–water partition coefficient (Wildman–Crippen LogP) is 32.1. The molecule has 13 aromatic carbocycles. The van der Waals surface area contributed by atoms with Gasteiger partial charge in [-0.2, -0.15) is 8.78 Å². The Morgan fingerprint density at radius 2 is 0.747 bits per heavy atom. The minimum atomic E-state index is -2.83. The number of halogens is 4. The van der Waals surface area contributed by atoms with E-state index in [9.17, 15) is 32.3 Å². The van der Waals surface area contributed by atoms with Crippen molar-refractivity contribution in [3.63, 3.8) is 0 Å². The number of aryl methyl sites for hydroxylation is 5. The second-order valence-corrected chi connectivity index (χ2v) is 36.7. The van der Waals surface area contributed by atoms with E-state index in [0.717, 1.165) is 117 Å². The van der Waals surface area contributed by atoms with Crippen LogP contribution in [0.15, 0.2) is 351 Å².